The zero-order valence-corrected chi connectivity index (χ0v) is 11.7. The van der Waals surface area contributed by atoms with Gasteiger partial charge in [0.15, 0.2) is 0 Å². The van der Waals surface area contributed by atoms with Gasteiger partial charge in [-0.3, -0.25) is 4.79 Å². The highest BCUT2D eigenvalue weighted by molar-refractivity contribution is 5.75. The van der Waals surface area contributed by atoms with Crippen molar-refractivity contribution in [3.63, 3.8) is 0 Å². The van der Waals surface area contributed by atoms with Gasteiger partial charge in [0.25, 0.3) is 0 Å². The minimum Gasteiger partial charge on any atom is -0.354 e. The van der Waals surface area contributed by atoms with E-state index in [0.29, 0.717) is 18.9 Å². The average molecular weight is 241 g/mol. The lowest BCUT2D eigenvalue weighted by atomic mass is 10.0. The van der Waals surface area contributed by atoms with Crippen LogP contribution in [0.25, 0.3) is 0 Å². The molecule has 1 atom stereocenters. The third-order valence-electron chi connectivity index (χ3n) is 3.87. The maximum Gasteiger partial charge on any atom is 0.220 e. The van der Waals surface area contributed by atoms with Crippen LogP contribution in [-0.4, -0.2) is 50.1 Å². The molecule has 2 N–H and O–H groups in total. The van der Waals surface area contributed by atoms with E-state index >= 15 is 0 Å². The number of carbonyl (C=O) groups is 1. The van der Waals surface area contributed by atoms with Crippen molar-refractivity contribution in [2.24, 2.45) is 5.92 Å². The van der Waals surface area contributed by atoms with Crippen LogP contribution in [0.2, 0.25) is 0 Å². The number of nitrogens with zero attached hydrogens (tertiary/aromatic N) is 1. The molecular weight excluding hydrogens is 214 g/mol. The first kappa shape index (κ1) is 14.5. The largest absolute Gasteiger partial charge is 0.354 e. The Bertz CT molecular complexity index is 245. The molecule has 1 unspecified atom stereocenters. The molecule has 0 spiro atoms. The van der Waals surface area contributed by atoms with Crippen molar-refractivity contribution in [1.29, 1.82) is 0 Å². The van der Waals surface area contributed by atoms with Gasteiger partial charge < -0.3 is 15.5 Å². The van der Waals surface area contributed by atoms with Crippen molar-refractivity contribution in [3.05, 3.63) is 0 Å². The van der Waals surface area contributed by atoms with Gasteiger partial charge in [-0.05, 0) is 59.8 Å². The van der Waals surface area contributed by atoms with Gasteiger partial charge in [-0.1, -0.05) is 0 Å². The molecule has 0 radical (unpaired) electrons. The maximum absolute atomic E-state index is 11.7. The molecule has 1 aliphatic rings. The van der Waals surface area contributed by atoms with Gasteiger partial charge in [-0.15, -0.1) is 0 Å². The van der Waals surface area contributed by atoms with Crippen LogP contribution in [-0.2, 0) is 4.79 Å². The molecule has 1 amide bonds. The second-order valence-electron chi connectivity index (χ2n) is 5.88. The van der Waals surface area contributed by atoms with Gasteiger partial charge in [-0.2, -0.15) is 0 Å². The van der Waals surface area contributed by atoms with Crippen molar-refractivity contribution in [2.75, 3.05) is 33.7 Å². The topological polar surface area (TPSA) is 44.4 Å². The highest BCUT2D eigenvalue weighted by Crippen LogP contribution is 2.14. The molecule has 0 bridgehead atoms. The summed E-state index contributed by atoms with van der Waals surface area (Å²) in [6, 6.07) is 0. The first-order chi connectivity index (χ1) is 7.92. The third-order valence-corrected chi connectivity index (χ3v) is 3.87. The van der Waals surface area contributed by atoms with Crippen LogP contribution in [0.4, 0.5) is 0 Å². The van der Waals surface area contributed by atoms with E-state index < -0.39 is 0 Å². The standard InChI is InChI=1S/C13H27N3O/c1-13(2,16(3)4)10-15-12(17)6-5-11-7-8-14-9-11/h11,14H,5-10H2,1-4H3,(H,15,17). The molecule has 1 heterocycles. The maximum atomic E-state index is 11.7. The predicted molar refractivity (Wildman–Crippen MR) is 71.0 cm³/mol. The van der Waals surface area contributed by atoms with Crippen molar-refractivity contribution in [1.82, 2.24) is 15.5 Å². The van der Waals surface area contributed by atoms with E-state index in [1.54, 1.807) is 0 Å². The third kappa shape index (κ3) is 5.04. The van der Waals surface area contributed by atoms with E-state index in [1.807, 2.05) is 14.1 Å². The van der Waals surface area contributed by atoms with Crippen molar-refractivity contribution in [3.8, 4) is 0 Å². The minimum atomic E-state index is 0.0184. The summed E-state index contributed by atoms with van der Waals surface area (Å²) in [4.78, 5) is 13.9. The average Bonchev–Trinajstić information content (AvgIpc) is 2.76. The van der Waals surface area contributed by atoms with Crippen molar-refractivity contribution < 1.29 is 4.79 Å². The number of nitrogens with one attached hydrogen (secondary N) is 2. The molecule has 0 aromatic carbocycles. The van der Waals surface area contributed by atoms with E-state index in [0.717, 1.165) is 19.5 Å². The second-order valence-corrected chi connectivity index (χ2v) is 5.88. The number of likely N-dealkylation sites (N-methyl/N-ethyl adjacent to an activating group) is 1. The van der Waals surface area contributed by atoms with Crippen LogP contribution >= 0.6 is 0 Å². The van der Waals surface area contributed by atoms with Crippen molar-refractivity contribution >= 4 is 5.91 Å². The van der Waals surface area contributed by atoms with Crippen LogP contribution < -0.4 is 10.6 Å². The molecule has 0 saturated carbocycles. The fourth-order valence-corrected chi connectivity index (χ4v) is 1.86. The first-order valence-electron chi connectivity index (χ1n) is 6.56. The molecule has 4 heteroatoms. The normalized spacial score (nSPS) is 20.9. The number of rotatable bonds is 6. The first-order valence-corrected chi connectivity index (χ1v) is 6.56. The van der Waals surface area contributed by atoms with Crippen molar-refractivity contribution in [2.45, 2.75) is 38.6 Å². The molecule has 1 aliphatic heterocycles. The molecule has 1 rings (SSSR count). The van der Waals surface area contributed by atoms with Gasteiger partial charge in [0.05, 0.1) is 0 Å². The summed E-state index contributed by atoms with van der Waals surface area (Å²) >= 11 is 0. The number of hydrogen-bond donors (Lipinski definition) is 2. The minimum absolute atomic E-state index is 0.0184. The Kier molecular flexibility index (Phi) is 5.40. The molecule has 17 heavy (non-hydrogen) atoms. The molecule has 100 valence electrons. The predicted octanol–water partition coefficient (Wildman–Crippen LogP) is 0.833. The lowest BCUT2D eigenvalue weighted by Gasteiger charge is -2.32. The smallest absolute Gasteiger partial charge is 0.220 e. The Hall–Kier alpha value is -0.610. The summed E-state index contributed by atoms with van der Waals surface area (Å²) < 4.78 is 0. The molecule has 4 nitrogen and oxygen atoms in total. The van der Waals surface area contributed by atoms with Gasteiger partial charge in [0.2, 0.25) is 5.91 Å². The lowest BCUT2D eigenvalue weighted by molar-refractivity contribution is -0.121. The summed E-state index contributed by atoms with van der Waals surface area (Å²) in [5.74, 6) is 0.884. The summed E-state index contributed by atoms with van der Waals surface area (Å²) in [5, 5.41) is 6.36. The SMILES string of the molecule is CN(C)C(C)(C)CNC(=O)CCC1CCNC1. The lowest BCUT2D eigenvalue weighted by Crippen LogP contribution is -2.48. The van der Waals surface area contributed by atoms with Crippen LogP contribution in [0.3, 0.4) is 0 Å². The zero-order chi connectivity index (χ0) is 12.9. The van der Waals surface area contributed by atoms with E-state index in [1.165, 1.54) is 6.42 Å². The van der Waals surface area contributed by atoms with Gasteiger partial charge >= 0.3 is 0 Å². The highest BCUT2D eigenvalue weighted by atomic mass is 16.1. The number of carbonyl (C=O) groups excluding carboxylic acids is 1. The van der Waals surface area contributed by atoms with Crippen LogP contribution in [0.1, 0.15) is 33.1 Å². The van der Waals surface area contributed by atoms with E-state index in [-0.39, 0.29) is 11.4 Å². The molecule has 0 aliphatic carbocycles. The summed E-state index contributed by atoms with van der Waals surface area (Å²) in [5.41, 5.74) is 0.0184. The Labute approximate surface area is 105 Å². The number of amides is 1. The Morgan fingerprint density at radius 3 is 2.71 bits per heavy atom. The van der Waals surface area contributed by atoms with E-state index in [2.05, 4.69) is 29.4 Å². The molecule has 0 aromatic rings. The molecule has 1 fully saturated rings. The van der Waals surface area contributed by atoms with E-state index in [4.69, 9.17) is 0 Å². The second kappa shape index (κ2) is 6.36. The fraction of sp³-hybridized carbons (Fsp3) is 0.923. The van der Waals surface area contributed by atoms with Gasteiger partial charge in [0.1, 0.15) is 0 Å². The van der Waals surface area contributed by atoms with Gasteiger partial charge in [0, 0.05) is 18.5 Å². The van der Waals surface area contributed by atoms with Gasteiger partial charge in [-0.25, -0.2) is 0 Å². The van der Waals surface area contributed by atoms with E-state index in [9.17, 15) is 4.79 Å². The van der Waals surface area contributed by atoms with Crippen LogP contribution in [0, 0.1) is 5.92 Å². The zero-order valence-electron chi connectivity index (χ0n) is 11.7. The summed E-state index contributed by atoms with van der Waals surface area (Å²) in [7, 11) is 4.08. The quantitative estimate of drug-likeness (QED) is 0.724. The van der Waals surface area contributed by atoms with Crippen LogP contribution in [0.15, 0.2) is 0 Å². The Morgan fingerprint density at radius 2 is 2.18 bits per heavy atom. The number of hydrogen-bond acceptors (Lipinski definition) is 3. The summed E-state index contributed by atoms with van der Waals surface area (Å²) in [6.45, 7) is 7.17. The van der Waals surface area contributed by atoms with Crippen LogP contribution in [0.5, 0.6) is 0 Å². The monoisotopic (exact) mass is 241 g/mol. The Morgan fingerprint density at radius 1 is 1.47 bits per heavy atom. The summed E-state index contributed by atoms with van der Waals surface area (Å²) in [6.07, 6.45) is 2.90. The molecule has 1 saturated heterocycles. The highest BCUT2D eigenvalue weighted by Gasteiger charge is 2.21. The molecule has 0 aromatic heterocycles. The molecular formula is C13H27N3O. The fourth-order valence-electron chi connectivity index (χ4n) is 1.86. The Balaban J connectivity index is 2.16.